The first-order valence-electron chi connectivity index (χ1n) is 7.47. The van der Waals surface area contributed by atoms with Crippen LogP contribution in [0.2, 0.25) is 0 Å². The van der Waals surface area contributed by atoms with Gasteiger partial charge in [0.15, 0.2) is 14.6 Å². The lowest BCUT2D eigenvalue weighted by Crippen LogP contribution is -2.45. The summed E-state index contributed by atoms with van der Waals surface area (Å²) < 4.78 is 35.9. The molecule has 0 aromatic heterocycles. The van der Waals surface area contributed by atoms with Crippen LogP contribution in [-0.2, 0) is 19.5 Å². The number of sulfone groups is 1. The maximum atomic E-state index is 14.2. The van der Waals surface area contributed by atoms with Gasteiger partial charge in [0, 0.05) is 30.2 Å². The van der Waals surface area contributed by atoms with Gasteiger partial charge in [-0.05, 0) is 32.0 Å². The van der Waals surface area contributed by atoms with E-state index < -0.39 is 32.5 Å². The molecule has 2 rings (SSSR count). The molecular weight excluding hydrogens is 349 g/mol. The van der Waals surface area contributed by atoms with Gasteiger partial charge >= 0.3 is 5.97 Å². The predicted molar refractivity (Wildman–Crippen MR) is 90.5 cm³/mol. The van der Waals surface area contributed by atoms with Crippen molar-refractivity contribution in [2.45, 2.75) is 37.5 Å². The minimum atomic E-state index is -3.87. The average molecular weight is 367 g/mol. The molecule has 1 N–H and O–H groups in total. The van der Waals surface area contributed by atoms with E-state index in [4.69, 9.17) is 4.84 Å². The molecule has 0 spiro atoms. The normalized spacial score (nSPS) is 19.2. The van der Waals surface area contributed by atoms with E-state index in [0.29, 0.717) is 11.3 Å². The zero-order valence-electron chi connectivity index (χ0n) is 14.0. The second-order valence-electron chi connectivity index (χ2n) is 6.05. The van der Waals surface area contributed by atoms with Crippen LogP contribution < -0.4 is 0 Å². The smallest absolute Gasteiger partial charge is 0.324 e. The Balaban J connectivity index is 2.18. The van der Waals surface area contributed by atoms with Crippen LogP contribution >= 0.6 is 0 Å². The third kappa shape index (κ3) is 3.82. The zero-order chi connectivity index (χ0) is 18.8. The molecule has 0 fully saturated rings. The molecule has 0 aliphatic carbocycles. The Labute approximate surface area is 145 Å². The van der Waals surface area contributed by atoms with Crippen molar-refractivity contribution in [2.75, 3.05) is 6.26 Å². The Hall–Kier alpha value is -2.40. The number of carbonyl (C=O) groups is 1. The van der Waals surface area contributed by atoms with Crippen molar-refractivity contribution < 1.29 is 27.5 Å². The summed E-state index contributed by atoms with van der Waals surface area (Å²) in [6.07, 6.45) is -0.0609. The molecule has 0 bridgehead atoms. The Kier molecular flexibility index (Phi) is 5.18. The quantitative estimate of drug-likeness (QED) is 0.803. The maximum Gasteiger partial charge on any atom is 0.324 e. The van der Waals surface area contributed by atoms with Gasteiger partial charge in [0.2, 0.25) is 0 Å². The summed E-state index contributed by atoms with van der Waals surface area (Å²) in [6, 6.07) is 4.44. The minimum absolute atomic E-state index is 0.119. The molecule has 25 heavy (non-hydrogen) atoms. The van der Waals surface area contributed by atoms with Crippen molar-refractivity contribution in [1.82, 2.24) is 0 Å². The summed E-state index contributed by atoms with van der Waals surface area (Å²) in [7, 11) is -3.87. The maximum absolute atomic E-state index is 14.2. The predicted octanol–water partition coefficient (Wildman–Crippen LogP) is 1.97. The summed E-state index contributed by atoms with van der Waals surface area (Å²) in [5.41, 5.74) is 1.05. The average Bonchev–Trinajstić information content (AvgIpc) is 2.94. The van der Waals surface area contributed by atoms with Crippen molar-refractivity contribution in [3.8, 4) is 11.8 Å². The second-order valence-corrected chi connectivity index (χ2v) is 8.50. The van der Waals surface area contributed by atoms with E-state index in [2.05, 4.69) is 17.0 Å². The molecule has 1 aliphatic heterocycles. The van der Waals surface area contributed by atoms with Crippen LogP contribution in [0.3, 0.4) is 0 Å². The molecule has 1 aromatic carbocycles. The van der Waals surface area contributed by atoms with Crippen LogP contribution in [0.25, 0.3) is 0 Å². The van der Waals surface area contributed by atoms with E-state index in [9.17, 15) is 22.7 Å². The summed E-state index contributed by atoms with van der Waals surface area (Å²) in [4.78, 5) is 16.6. The fraction of sp³-hybridized carbons (Fsp3) is 0.412. The van der Waals surface area contributed by atoms with Crippen molar-refractivity contribution in [1.29, 1.82) is 0 Å². The molecule has 0 saturated carbocycles. The zero-order valence-corrected chi connectivity index (χ0v) is 14.9. The van der Waals surface area contributed by atoms with E-state index in [-0.39, 0.29) is 18.4 Å². The Morgan fingerprint density at radius 3 is 2.72 bits per heavy atom. The number of rotatable bonds is 5. The third-order valence-electron chi connectivity index (χ3n) is 4.17. The van der Waals surface area contributed by atoms with E-state index in [1.807, 2.05) is 0 Å². The highest BCUT2D eigenvalue weighted by molar-refractivity contribution is 7.92. The summed E-state index contributed by atoms with van der Waals surface area (Å²) in [6.45, 7) is 2.78. The first-order chi connectivity index (χ1) is 11.6. The van der Waals surface area contributed by atoms with Crippen molar-refractivity contribution in [3.63, 3.8) is 0 Å². The largest absolute Gasteiger partial charge is 0.480 e. The Morgan fingerprint density at radius 2 is 2.20 bits per heavy atom. The molecule has 134 valence electrons. The lowest BCUT2D eigenvalue weighted by Gasteiger charge is -2.24. The number of carboxylic acids is 1. The van der Waals surface area contributed by atoms with Crippen LogP contribution in [0.5, 0.6) is 0 Å². The first kappa shape index (κ1) is 18.9. The third-order valence-corrected chi connectivity index (χ3v) is 6.15. The van der Waals surface area contributed by atoms with Crippen LogP contribution in [0.4, 0.5) is 4.39 Å². The molecule has 1 heterocycles. The van der Waals surface area contributed by atoms with Gasteiger partial charge in [-0.2, -0.15) is 0 Å². The number of halogens is 1. The molecule has 0 saturated heterocycles. The SMILES string of the molecule is CC#Cc1ccc(C2=NO[C@@H](CC(C)(C(=O)O)S(C)(=O)=O)C2)c(F)c1. The molecule has 1 aromatic rings. The Bertz CT molecular complexity index is 897. The number of aliphatic carboxylic acids is 1. The summed E-state index contributed by atoms with van der Waals surface area (Å²) >= 11 is 0. The highest BCUT2D eigenvalue weighted by Gasteiger charge is 2.47. The van der Waals surface area contributed by atoms with Gasteiger partial charge in [-0.3, -0.25) is 4.79 Å². The molecule has 6 nitrogen and oxygen atoms in total. The lowest BCUT2D eigenvalue weighted by atomic mass is 9.96. The molecule has 0 radical (unpaired) electrons. The fourth-order valence-electron chi connectivity index (χ4n) is 2.50. The number of nitrogens with zero attached hydrogens (tertiary/aromatic N) is 1. The first-order valence-corrected chi connectivity index (χ1v) is 9.36. The molecule has 1 unspecified atom stereocenters. The molecule has 0 amide bonds. The number of benzene rings is 1. The van der Waals surface area contributed by atoms with Gasteiger partial charge in [0.1, 0.15) is 11.9 Å². The minimum Gasteiger partial charge on any atom is -0.480 e. The summed E-state index contributed by atoms with van der Waals surface area (Å²) in [5.74, 6) is 3.44. The van der Waals surface area contributed by atoms with Crippen molar-refractivity contribution in [3.05, 3.63) is 35.1 Å². The summed E-state index contributed by atoms with van der Waals surface area (Å²) in [5, 5.41) is 13.1. The van der Waals surface area contributed by atoms with Crippen LogP contribution in [0, 0.1) is 17.7 Å². The van der Waals surface area contributed by atoms with Crippen molar-refractivity contribution in [2.24, 2.45) is 5.16 Å². The molecule has 1 aliphatic rings. The fourth-order valence-corrected chi connectivity index (χ4v) is 3.31. The van der Waals surface area contributed by atoms with Gasteiger partial charge in [-0.1, -0.05) is 11.1 Å². The number of hydrogen-bond acceptors (Lipinski definition) is 5. The van der Waals surface area contributed by atoms with E-state index >= 15 is 0 Å². The Morgan fingerprint density at radius 1 is 1.52 bits per heavy atom. The number of carboxylic acid groups (broad SMARTS) is 1. The highest BCUT2D eigenvalue weighted by Crippen LogP contribution is 2.30. The second kappa shape index (κ2) is 6.84. The molecular formula is C17H18FNO5S. The van der Waals surface area contributed by atoms with Gasteiger partial charge in [-0.25, -0.2) is 12.8 Å². The van der Waals surface area contributed by atoms with Crippen molar-refractivity contribution >= 4 is 21.5 Å². The highest BCUT2D eigenvalue weighted by atomic mass is 32.2. The van der Waals surface area contributed by atoms with Crippen LogP contribution in [-0.4, -0.2) is 42.3 Å². The standard InChI is InChI=1S/C17H18FNO5S/c1-4-5-11-6-7-13(14(18)8-11)15-9-12(24-19-15)10-17(2,16(20)21)25(3,22)23/h6-8,12H,9-10H2,1-3H3,(H,20,21)/t12-,17?/m1/s1. The number of hydrogen-bond donors (Lipinski definition) is 1. The van der Waals surface area contributed by atoms with Gasteiger partial charge in [0.25, 0.3) is 0 Å². The van der Waals surface area contributed by atoms with Gasteiger partial charge < -0.3 is 9.94 Å². The lowest BCUT2D eigenvalue weighted by molar-refractivity contribution is -0.140. The number of oxime groups is 1. The van der Waals surface area contributed by atoms with Crippen LogP contribution in [0.15, 0.2) is 23.4 Å². The van der Waals surface area contributed by atoms with E-state index in [0.717, 1.165) is 13.2 Å². The van der Waals surface area contributed by atoms with Gasteiger partial charge in [0.05, 0.1) is 5.71 Å². The molecule has 2 atom stereocenters. The topological polar surface area (TPSA) is 93.0 Å². The molecule has 8 heteroatoms. The monoisotopic (exact) mass is 367 g/mol. The van der Waals surface area contributed by atoms with Crippen LogP contribution in [0.1, 0.15) is 37.8 Å². The van der Waals surface area contributed by atoms with E-state index in [1.165, 1.54) is 12.1 Å². The van der Waals surface area contributed by atoms with E-state index in [1.54, 1.807) is 13.0 Å². The van der Waals surface area contributed by atoms with Gasteiger partial charge in [-0.15, -0.1) is 5.92 Å².